The van der Waals surface area contributed by atoms with Crippen molar-refractivity contribution in [3.63, 3.8) is 0 Å². The number of amides is 4. The molecule has 6 N–H and O–H groups in total. The summed E-state index contributed by atoms with van der Waals surface area (Å²) in [5.41, 5.74) is 8.64. The van der Waals surface area contributed by atoms with Crippen molar-refractivity contribution in [2.45, 2.75) is 37.6 Å². The van der Waals surface area contributed by atoms with Crippen molar-refractivity contribution < 1.29 is 24.3 Å². The molecule has 0 saturated heterocycles. The van der Waals surface area contributed by atoms with E-state index in [0.717, 1.165) is 11.3 Å². The van der Waals surface area contributed by atoms with Crippen LogP contribution in [0.25, 0.3) is 0 Å². The molecule has 0 aromatic rings. The van der Waals surface area contributed by atoms with E-state index in [9.17, 15) is 24.3 Å². The SMILES string of the molecule is NC(=O)CN(CC(N)=O)C(=O)NC1(C(=O)O)CCCCC1. The molecule has 1 fully saturated rings. The standard InChI is InChI=1S/C12H20N4O5/c13-8(17)6-16(7-9(14)18)11(21)15-12(10(19)20)4-2-1-3-5-12/h1-7H2,(H2,13,17)(H2,14,18)(H,15,21)(H,19,20). The van der Waals surface area contributed by atoms with E-state index >= 15 is 0 Å². The Balaban J connectivity index is 2.84. The highest BCUT2D eigenvalue weighted by atomic mass is 16.4. The number of nitrogens with one attached hydrogen (secondary N) is 1. The molecule has 0 bridgehead atoms. The summed E-state index contributed by atoms with van der Waals surface area (Å²) in [6.45, 7) is -1.02. The van der Waals surface area contributed by atoms with Crippen molar-refractivity contribution in [2.75, 3.05) is 13.1 Å². The highest BCUT2D eigenvalue weighted by molar-refractivity contribution is 5.90. The van der Waals surface area contributed by atoms with Gasteiger partial charge >= 0.3 is 12.0 Å². The van der Waals surface area contributed by atoms with Gasteiger partial charge in [0, 0.05) is 0 Å². The average molecular weight is 300 g/mol. The number of hydrogen-bond donors (Lipinski definition) is 4. The zero-order valence-electron chi connectivity index (χ0n) is 11.6. The fourth-order valence-electron chi connectivity index (χ4n) is 2.41. The van der Waals surface area contributed by atoms with Crippen LogP contribution in [0.4, 0.5) is 4.79 Å². The molecule has 1 rings (SSSR count). The molecular weight excluding hydrogens is 280 g/mol. The van der Waals surface area contributed by atoms with Gasteiger partial charge in [0.05, 0.1) is 0 Å². The van der Waals surface area contributed by atoms with Gasteiger partial charge in [-0.2, -0.15) is 0 Å². The Labute approximate surface area is 121 Å². The number of nitrogens with two attached hydrogens (primary N) is 2. The molecule has 9 heteroatoms. The summed E-state index contributed by atoms with van der Waals surface area (Å²) in [6.07, 6.45) is 2.86. The van der Waals surface area contributed by atoms with Crippen molar-refractivity contribution in [2.24, 2.45) is 11.5 Å². The van der Waals surface area contributed by atoms with Crippen molar-refractivity contribution in [1.82, 2.24) is 10.2 Å². The molecule has 0 aliphatic heterocycles. The Morgan fingerprint density at radius 1 is 1.00 bits per heavy atom. The van der Waals surface area contributed by atoms with Crippen LogP contribution in [0.1, 0.15) is 32.1 Å². The Kier molecular flexibility index (Phi) is 5.51. The zero-order chi connectivity index (χ0) is 16.0. The quantitative estimate of drug-likeness (QED) is 0.482. The van der Waals surface area contributed by atoms with Gasteiger partial charge in [-0.15, -0.1) is 0 Å². The van der Waals surface area contributed by atoms with E-state index in [1.54, 1.807) is 0 Å². The van der Waals surface area contributed by atoms with Crippen LogP contribution < -0.4 is 16.8 Å². The molecule has 0 unspecified atom stereocenters. The number of primary amides is 2. The minimum atomic E-state index is -1.37. The maximum absolute atomic E-state index is 12.1. The third-order valence-electron chi connectivity index (χ3n) is 3.44. The molecule has 0 spiro atoms. The number of carboxylic acid groups (broad SMARTS) is 1. The van der Waals surface area contributed by atoms with Crippen molar-refractivity contribution in [1.29, 1.82) is 0 Å². The van der Waals surface area contributed by atoms with Crippen molar-refractivity contribution in [3.8, 4) is 0 Å². The fraction of sp³-hybridized carbons (Fsp3) is 0.667. The first-order valence-electron chi connectivity index (χ1n) is 6.64. The summed E-state index contributed by atoms with van der Waals surface area (Å²) < 4.78 is 0. The van der Waals surface area contributed by atoms with Gasteiger partial charge in [0.1, 0.15) is 18.6 Å². The third-order valence-corrected chi connectivity index (χ3v) is 3.44. The topological polar surface area (TPSA) is 156 Å². The van der Waals surface area contributed by atoms with Crippen LogP contribution in [0.3, 0.4) is 0 Å². The van der Waals surface area contributed by atoms with E-state index in [2.05, 4.69) is 5.32 Å². The number of hydrogen-bond acceptors (Lipinski definition) is 4. The number of carbonyl (C=O) groups is 4. The summed E-state index contributed by atoms with van der Waals surface area (Å²) in [6, 6.07) is -0.836. The van der Waals surface area contributed by atoms with Crippen LogP contribution >= 0.6 is 0 Å². The maximum Gasteiger partial charge on any atom is 0.329 e. The third kappa shape index (κ3) is 4.62. The van der Waals surface area contributed by atoms with E-state index < -0.39 is 42.4 Å². The van der Waals surface area contributed by atoms with E-state index in [4.69, 9.17) is 11.5 Å². The Bertz CT molecular complexity index is 429. The molecule has 1 aliphatic carbocycles. The van der Waals surface area contributed by atoms with E-state index in [1.165, 1.54) is 0 Å². The zero-order valence-corrected chi connectivity index (χ0v) is 11.6. The largest absolute Gasteiger partial charge is 0.480 e. The van der Waals surface area contributed by atoms with Gasteiger partial charge in [0.25, 0.3) is 0 Å². The van der Waals surface area contributed by atoms with Crippen LogP contribution in [0.5, 0.6) is 0 Å². The molecule has 21 heavy (non-hydrogen) atoms. The number of nitrogens with zero attached hydrogens (tertiary/aromatic N) is 1. The maximum atomic E-state index is 12.1. The summed E-state index contributed by atoms with van der Waals surface area (Å²) in [4.78, 5) is 46.3. The summed E-state index contributed by atoms with van der Waals surface area (Å²) in [5.74, 6) is -2.77. The average Bonchev–Trinajstić information content (AvgIpc) is 2.37. The molecule has 118 valence electrons. The first-order chi connectivity index (χ1) is 9.77. The number of urea groups is 1. The lowest BCUT2D eigenvalue weighted by atomic mass is 9.82. The molecule has 1 aliphatic rings. The monoisotopic (exact) mass is 300 g/mol. The fourth-order valence-corrected chi connectivity index (χ4v) is 2.41. The number of rotatable bonds is 6. The van der Waals surface area contributed by atoms with Crippen LogP contribution in [0, 0.1) is 0 Å². The lowest BCUT2D eigenvalue weighted by molar-refractivity contribution is -0.145. The normalized spacial score (nSPS) is 16.8. The predicted octanol–water partition coefficient (Wildman–Crippen LogP) is -1.24. The summed E-state index contributed by atoms with van der Waals surface area (Å²) in [7, 11) is 0. The Morgan fingerprint density at radius 3 is 1.86 bits per heavy atom. The van der Waals surface area contributed by atoms with E-state index in [-0.39, 0.29) is 0 Å². The molecule has 0 aromatic carbocycles. The second-order valence-corrected chi connectivity index (χ2v) is 5.17. The van der Waals surface area contributed by atoms with Gasteiger partial charge < -0.3 is 26.8 Å². The van der Waals surface area contributed by atoms with Crippen molar-refractivity contribution >= 4 is 23.8 Å². The number of carboxylic acids is 1. The summed E-state index contributed by atoms with van der Waals surface area (Å²) in [5, 5.41) is 11.8. The van der Waals surface area contributed by atoms with E-state index in [1.807, 2.05) is 0 Å². The number of carbonyl (C=O) groups excluding carboxylic acids is 3. The van der Waals surface area contributed by atoms with Crippen LogP contribution in [0.2, 0.25) is 0 Å². The summed E-state index contributed by atoms with van der Waals surface area (Å²) >= 11 is 0. The van der Waals surface area contributed by atoms with Gasteiger partial charge in [-0.05, 0) is 12.8 Å². The smallest absolute Gasteiger partial charge is 0.329 e. The first-order valence-corrected chi connectivity index (χ1v) is 6.64. The molecule has 4 amide bonds. The molecule has 0 aromatic heterocycles. The molecular formula is C12H20N4O5. The van der Waals surface area contributed by atoms with Gasteiger partial charge in [-0.1, -0.05) is 19.3 Å². The first kappa shape index (κ1) is 16.7. The predicted molar refractivity (Wildman–Crippen MR) is 71.9 cm³/mol. The van der Waals surface area contributed by atoms with Gasteiger partial charge in [-0.25, -0.2) is 9.59 Å². The number of aliphatic carboxylic acids is 1. The molecule has 1 saturated carbocycles. The lowest BCUT2D eigenvalue weighted by Crippen LogP contribution is -2.60. The lowest BCUT2D eigenvalue weighted by Gasteiger charge is -2.35. The van der Waals surface area contributed by atoms with Crippen LogP contribution in [-0.2, 0) is 14.4 Å². The molecule has 0 atom stereocenters. The van der Waals surface area contributed by atoms with E-state index in [0.29, 0.717) is 25.7 Å². The molecule has 9 nitrogen and oxygen atoms in total. The van der Waals surface area contributed by atoms with Crippen LogP contribution in [0.15, 0.2) is 0 Å². The minimum Gasteiger partial charge on any atom is -0.480 e. The Morgan fingerprint density at radius 2 is 1.48 bits per heavy atom. The second-order valence-electron chi connectivity index (χ2n) is 5.17. The highest BCUT2D eigenvalue weighted by Crippen LogP contribution is 2.28. The van der Waals surface area contributed by atoms with Crippen molar-refractivity contribution in [3.05, 3.63) is 0 Å². The van der Waals surface area contributed by atoms with Crippen LogP contribution in [-0.4, -0.2) is 52.4 Å². The molecule has 0 heterocycles. The minimum absolute atomic E-state index is 0.301. The van der Waals surface area contributed by atoms with Gasteiger partial charge in [0.15, 0.2) is 0 Å². The van der Waals surface area contributed by atoms with Gasteiger partial charge in [-0.3, -0.25) is 9.59 Å². The molecule has 0 radical (unpaired) electrons. The second kappa shape index (κ2) is 6.91. The Hall–Kier alpha value is -2.32. The van der Waals surface area contributed by atoms with Gasteiger partial charge in [0.2, 0.25) is 11.8 Å². The highest BCUT2D eigenvalue weighted by Gasteiger charge is 2.42.